The molecule has 2 atom stereocenters. The predicted octanol–water partition coefficient (Wildman–Crippen LogP) is 2.13. The van der Waals surface area contributed by atoms with E-state index in [1.165, 1.54) is 0 Å². The van der Waals surface area contributed by atoms with E-state index in [9.17, 15) is 0 Å². The summed E-state index contributed by atoms with van der Waals surface area (Å²) >= 11 is 9.33. The van der Waals surface area contributed by atoms with Crippen LogP contribution in [0.3, 0.4) is 0 Å². The van der Waals surface area contributed by atoms with E-state index in [1.807, 2.05) is 13.0 Å². The molecule has 0 spiro atoms. The molecule has 0 amide bonds. The first-order valence-corrected chi connectivity index (χ1v) is 4.73. The molecule has 0 fully saturated rings. The molecular weight excluding hydrogens is 241 g/mol. The van der Waals surface area contributed by atoms with Crippen LogP contribution >= 0.6 is 27.5 Å². The minimum atomic E-state index is -0.315. The number of hydrogen-bond donors (Lipinski definition) is 1. The molecule has 1 aliphatic carbocycles. The van der Waals surface area contributed by atoms with Gasteiger partial charge >= 0.3 is 0 Å². The molecule has 4 heteroatoms. The van der Waals surface area contributed by atoms with Gasteiger partial charge in [0.15, 0.2) is 0 Å². The second-order valence-corrected chi connectivity index (χ2v) is 5.05. The summed E-state index contributed by atoms with van der Waals surface area (Å²) in [7, 11) is 1.59. The first-order chi connectivity index (χ1) is 5.47. The van der Waals surface area contributed by atoms with E-state index in [1.54, 1.807) is 13.2 Å². The molecular formula is C8H11BrClNO. The molecule has 0 aromatic rings. The standard InChI is InChI=1S/C8H11BrClNO/c1-8(9)4-5(10)3-6(12-2)7(8)11/h3-4,7H,11H2,1-2H3. The second-order valence-electron chi connectivity index (χ2n) is 2.91. The molecule has 12 heavy (non-hydrogen) atoms. The Kier molecular flexibility index (Phi) is 2.86. The van der Waals surface area contributed by atoms with E-state index < -0.39 is 0 Å². The summed E-state index contributed by atoms with van der Waals surface area (Å²) in [4.78, 5) is 0. The molecule has 2 unspecified atom stereocenters. The van der Waals surface area contributed by atoms with Crippen LogP contribution in [-0.2, 0) is 4.74 Å². The van der Waals surface area contributed by atoms with Gasteiger partial charge < -0.3 is 10.5 Å². The molecule has 0 aromatic heterocycles. The second kappa shape index (κ2) is 3.40. The molecule has 0 radical (unpaired) electrons. The van der Waals surface area contributed by atoms with Gasteiger partial charge in [-0.15, -0.1) is 0 Å². The van der Waals surface area contributed by atoms with Crippen molar-refractivity contribution in [2.24, 2.45) is 5.73 Å². The summed E-state index contributed by atoms with van der Waals surface area (Å²) in [5.74, 6) is 0.696. The van der Waals surface area contributed by atoms with E-state index in [0.717, 1.165) is 0 Å². The lowest BCUT2D eigenvalue weighted by Crippen LogP contribution is -2.42. The van der Waals surface area contributed by atoms with Crippen LogP contribution in [0.5, 0.6) is 0 Å². The monoisotopic (exact) mass is 251 g/mol. The lowest BCUT2D eigenvalue weighted by molar-refractivity contribution is 0.256. The number of nitrogens with two attached hydrogens (primary N) is 1. The average Bonchev–Trinajstić information content (AvgIpc) is 1.96. The number of alkyl halides is 1. The van der Waals surface area contributed by atoms with Crippen molar-refractivity contribution in [3.05, 3.63) is 22.9 Å². The van der Waals surface area contributed by atoms with Crippen LogP contribution in [-0.4, -0.2) is 17.5 Å². The Balaban J connectivity index is 2.99. The maximum Gasteiger partial charge on any atom is 0.115 e. The summed E-state index contributed by atoms with van der Waals surface area (Å²) in [6.07, 6.45) is 3.59. The topological polar surface area (TPSA) is 35.2 Å². The van der Waals surface area contributed by atoms with Crippen molar-refractivity contribution in [3.8, 4) is 0 Å². The summed E-state index contributed by atoms with van der Waals surface area (Å²) in [6, 6.07) is -0.190. The smallest absolute Gasteiger partial charge is 0.115 e. The number of allylic oxidation sites excluding steroid dienone is 2. The lowest BCUT2D eigenvalue weighted by Gasteiger charge is -2.30. The van der Waals surface area contributed by atoms with E-state index in [-0.39, 0.29) is 10.4 Å². The number of ether oxygens (including phenoxy) is 1. The van der Waals surface area contributed by atoms with Gasteiger partial charge in [-0.25, -0.2) is 0 Å². The third-order valence-corrected chi connectivity index (χ3v) is 2.79. The van der Waals surface area contributed by atoms with Crippen molar-refractivity contribution in [2.75, 3.05) is 7.11 Å². The highest BCUT2D eigenvalue weighted by molar-refractivity contribution is 9.10. The van der Waals surface area contributed by atoms with Crippen molar-refractivity contribution in [2.45, 2.75) is 17.3 Å². The van der Waals surface area contributed by atoms with Gasteiger partial charge in [-0.05, 0) is 19.1 Å². The summed E-state index contributed by atoms with van der Waals surface area (Å²) in [5, 5.41) is 0.646. The molecule has 2 N–H and O–H groups in total. The van der Waals surface area contributed by atoms with Crippen molar-refractivity contribution >= 4 is 27.5 Å². The normalized spacial score (nSPS) is 35.6. The molecule has 0 saturated heterocycles. The zero-order chi connectivity index (χ0) is 9.35. The van der Waals surface area contributed by atoms with Crippen LogP contribution in [0.4, 0.5) is 0 Å². The Morgan fingerprint density at radius 2 is 2.33 bits per heavy atom. The molecule has 2 nitrogen and oxygen atoms in total. The third-order valence-electron chi connectivity index (χ3n) is 1.85. The molecule has 1 aliphatic rings. The lowest BCUT2D eigenvalue weighted by atomic mass is 9.96. The highest BCUT2D eigenvalue weighted by Crippen LogP contribution is 2.33. The molecule has 0 aromatic carbocycles. The average molecular weight is 253 g/mol. The molecule has 1 rings (SSSR count). The zero-order valence-corrected chi connectivity index (χ0v) is 9.32. The summed E-state index contributed by atoms with van der Waals surface area (Å²) in [5.41, 5.74) is 5.89. The first kappa shape index (κ1) is 10.1. The quantitative estimate of drug-likeness (QED) is 0.726. The third kappa shape index (κ3) is 1.84. The fourth-order valence-corrected chi connectivity index (χ4v) is 2.03. The number of rotatable bonds is 1. The van der Waals surface area contributed by atoms with Crippen LogP contribution < -0.4 is 5.73 Å². The van der Waals surface area contributed by atoms with Crippen LogP contribution in [0.1, 0.15) is 6.92 Å². The van der Waals surface area contributed by atoms with Gasteiger partial charge in [-0.1, -0.05) is 27.5 Å². The van der Waals surface area contributed by atoms with Gasteiger partial charge in [-0.3, -0.25) is 0 Å². The fraction of sp³-hybridized carbons (Fsp3) is 0.500. The SMILES string of the molecule is COC1=CC(Cl)=CC(C)(Br)C1N. The highest BCUT2D eigenvalue weighted by Gasteiger charge is 2.33. The van der Waals surface area contributed by atoms with Crippen LogP contribution in [0, 0.1) is 0 Å². The van der Waals surface area contributed by atoms with Crippen molar-refractivity contribution < 1.29 is 4.74 Å². The van der Waals surface area contributed by atoms with Crippen LogP contribution in [0.25, 0.3) is 0 Å². The number of hydrogen-bond acceptors (Lipinski definition) is 2. The van der Waals surface area contributed by atoms with Crippen LogP contribution in [0.2, 0.25) is 0 Å². The van der Waals surface area contributed by atoms with E-state index >= 15 is 0 Å². The van der Waals surface area contributed by atoms with Gasteiger partial charge in [0.25, 0.3) is 0 Å². The molecule has 0 bridgehead atoms. The molecule has 0 heterocycles. The van der Waals surface area contributed by atoms with E-state index in [4.69, 9.17) is 22.1 Å². The largest absolute Gasteiger partial charge is 0.499 e. The van der Waals surface area contributed by atoms with Gasteiger partial charge in [-0.2, -0.15) is 0 Å². The number of halogens is 2. The van der Waals surface area contributed by atoms with Crippen molar-refractivity contribution in [1.82, 2.24) is 0 Å². The molecule has 0 saturated carbocycles. The highest BCUT2D eigenvalue weighted by atomic mass is 79.9. The summed E-state index contributed by atoms with van der Waals surface area (Å²) in [6.45, 7) is 1.95. The Morgan fingerprint density at radius 3 is 2.83 bits per heavy atom. The Labute approximate surface area is 85.5 Å². The first-order valence-electron chi connectivity index (χ1n) is 3.56. The summed E-state index contributed by atoms with van der Waals surface area (Å²) < 4.78 is 4.77. The number of methoxy groups -OCH3 is 1. The minimum Gasteiger partial charge on any atom is -0.499 e. The van der Waals surface area contributed by atoms with E-state index in [2.05, 4.69) is 15.9 Å². The van der Waals surface area contributed by atoms with E-state index in [0.29, 0.717) is 10.8 Å². The zero-order valence-electron chi connectivity index (χ0n) is 6.97. The van der Waals surface area contributed by atoms with Crippen molar-refractivity contribution in [3.63, 3.8) is 0 Å². The van der Waals surface area contributed by atoms with Gasteiger partial charge in [0.2, 0.25) is 0 Å². The Bertz CT molecular complexity index is 247. The van der Waals surface area contributed by atoms with Gasteiger partial charge in [0.1, 0.15) is 5.76 Å². The molecule has 68 valence electrons. The maximum atomic E-state index is 5.89. The Hall–Kier alpha value is 0.01000. The predicted molar refractivity (Wildman–Crippen MR) is 54.3 cm³/mol. The van der Waals surface area contributed by atoms with Gasteiger partial charge in [0, 0.05) is 5.03 Å². The minimum absolute atomic E-state index is 0.190. The van der Waals surface area contributed by atoms with Crippen LogP contribution in [0.15, 0.2) is 22.9 Å². The molecule has 0 aliphatic heterocycles. The maximum absolute atomic E-state index is 5.89. The fourth-order valence-electron chi connectivity index (χ4n) is 1.09. The Morgan fingerprint density at radius 1 is 1.75 bits per heavy atom. The van der Waals surface area contributed by atoms with Crippen molar-refractivity contribution in [1.29, 1.82) is 0 Å². The van der Waals surface area contributed by atoms with Gasteiger partial charge in [0.05, 0.1) is 17.5 Å².